The molecule has 0 amide bonds. The number of benzene rings is 2. The lowest BCUT2D eigenvalue weighted by Crippen LogP contribution is -2.06. The maximum absolute atomic E-state index is 9.05. The Morgan fingerprint density at radius 1 is 1.00 bits per heavy atom. The second-order valence-corrected chi connectivity index (χ2v) is 5.63. The van der Waals surface area contributed by atoms with Crippen LogP contribution in [0.1, 0.15) is 23.6 Å². The fraction of sp³-hybridized carbons (Fsp3) is 0.350. The minimum Gasteiger partial charge on any atom is -0.493 e. The molecular formula is C20H23NO2. The minimum absolute atomic E-state index is 0.106. The Morgan fingerprint density at radius 3 is 2.17 bits per heavy atom. The van der Waals surface area contributed by atoms with Gasteiger partial charge in [0.15, 0.2) is 0 Å². The molecule has 3 nitrogen and oxygen atoms in total. The van der Waals surface area contributed by atoms with Gasteiger partial charge in [-0.25, -0.2) is 0 Å². The highest BCUT2D eigenvalue weighted by Crippen LogP contribution is 2.15. The van der Waals surface area contributed by atoms with Gasteiger partial charge in [-0.2, -0.15) is 5.26 Å². The van der Waals surface area contributed by atoms with E-state index in [1.165, 1.54) is 11.1 Å². The van der Waals surface area contributed by atoms with Gasteiger partial charge in [0.05, 0.1) is 25.2 Å². The standard InChI is InChI=1S/C20H23NO2/c1-2-16-3-5-17(6-4-16)11-12-23-20-9-7-18(8-10-20)13-19(14-21)15-22/h3-10,19,22H,2,11-13,15H2,1H3. The normalized spacial score (nSPS) is 11.7. The molecule has 0 saturated carbocycles. The van der Waals surface area contributed by atoms with Gasteiger partial charge in [-0.3, -0.25) is 0 Å². The van der Waals surface area contributed by atoms with Crippen molar-refractivity contribution in [2.75, 3.05) is 13.2 Å². The summed E-state index contributed by atoms with van der Waals surface area (Å²) in [4.78, 5) is 0. The number of aliphatic hydroxyl groups is 1. The van der Waals surface area contributed by atoms with E-state index >= 15 is 0 Å². The van der Waals surface area contributed by atoms with Crippen LogP contribution in [0.15, 0.2) is 48.5 Å². The molecule has 1 N–H and O–H groups in total. The zero-order chi connectivity index (χ0) is 16.5. The molecule has 0 fully saturated rings. The van der Waals surface area contributed by atoms with Gasteiger partial charge < -0.3 is 9.84 Å². The first-order valence-corrected chi connectivity index (χ1v) is 8.05. The van der Waals surface area contributed by atoms with Crippen LogP contribution in [0.25, 0.3) is 0 Å². The molecule has 0 radical (unpaired) electrons. The van der Waals surface area contributed by atoms with Crippen molar-refractivity contribution in [2.24, 2.45) is 5.92 Å². The van der Waals surface area contributed by atoms with Gasteiger partial charge in [0.2, 0.25) is 0 Å². The van der Waals surface area contributed by atoms with Crippen LogP contribution in [0.2, 0.25) is 0 Å². The molecule has 2 aromatic carbocycles. The van der Waals surface area contributed by atoms with Crippen molar-refractivity contribution in [3.05, 3.63) is 65.2 Å². The summed E-state index contributed by atoms with van der Waals surface area (Å²) in [5, 5.41) is 17.9. The molecule has 0 saturated heterocycles. The predicted molar refractivity (Wildman–Crippen MR) is 91.4 cm³/mol. The maximum Gasteiger partial charge on any atom is 0.119 e. The average molecular weight is 309 g/mol. The zero-order valence-corrected chi connectivity index (χ0v) is 13.5. The highest BCUT2D eigenvalue weighted by Gasteiger charge is 2.06. The number of nitrogens with zero attached hydrogens (tertiary/aromatic N) is 1. The molecule has 0 bridgehead atoms. The Morgan fingerprint density at radius 2 is 1.61 bits per heavy atom. The summed E-state index contributed by atoms with van der Waals surface area (Å²) in [6.45, 7) is 2.69. The highest BCUT2D eigenvalue weighted by molar-refractivity contribution is 5.28. The van der Waals surface area contributed by atoms with Crippen LogP contribution < -0.4 is 4.74 Å². The third kappa shape index (κ3) is 5.43. The first-order valence-electron chi connectivity index (χ1n) is 8.05. The second-order valence-electron chi connectivity index (χ2n) is 5.63. The van der Waals surface area contributed by atoms with Crippen LogP contribution in [0.5, 0.6) is 5.75 Å². The largest absolute Gasteiger partial charge is 0.493 e. The van der Waals surface area contributed by atoms with Crippen LogP contribution >= 0.6 is 0 Å². The van der Waals surface area contributed by atoms with E-state index in [4.69, 9.17) is 15.1 Å². The first-order chi connectivity index (χ1) is 11.2. The van der Waals surface area contributed by atoms with Gasteiger partial charge >= 0.3 is 0 Å². The first kappa shape index (κ1) is 17.1. The molecule has 0 spiro atoms. The number of hydrogen-bond acceptors (Lipinski definition) is 3. The van der Waals surface area contributed by atoms with Crippen molar-refractivity contribution in [1.82, 2.24) is 0 Å². The van der Waals surface area contributed by atoms with E-state index < -0.39 is 0 Å². The van der Waals surface area contributed by atoms with Crippen LogP contribution in [-0.2, 0) is 19.3 Å². The summed E-state index contributed by atoms with van der Waals surface area (Å²) in [7, 11) is 0. The number of ether oxygens (including phenoxy) is 1. The van der Waals surface area contributed by atoms with Gasteiger partial charge in [0.25, 0.3) is 0 Å². The van der Waals surface area contributed by atoms with E-state index in [-0.39, 0.29) is 12.5 Å². The Labute approximate surface area is 138 Å². The number of nitriles is 1. The molecular weight excluding hydrogens is 286 g/mol. The van der Waals surface area contributed by atoms with Gasteiger partial charge in [-0.05, 0) is 41.7 Å². The summed E-state index contributed by atoms with van der Waals surface area (Å²) >= 11 is 0. The molecule has 120 valence electrons. The Hall–Kier alpha value is -2.31. The average Bonchev–Trinajstić information content (AvgIpc) is 2.61. The Balaban J connectivity index is 1.80. The quantitative estimate of drug-likeness (QED) is 0.811. The van der Waals surface area contributed by atoms with Crippen molar-refractivity contribution >= 4 is 0 Å². The fourth-order valence-corrected chi connectivity index (χ4v) is 2.39. The molecule has 0 aromatic heterocycles. The van der Waals surface area contributed by atoms with Crippen molar-refractivity contribution in [1.29, 1.82) is 5.26 Å². The predicted octanol–water partition coefficient (Wildman–Crippen LogP) is 3.55. The van der Waals surface area contributed by atoms with E-state index in [0.29, 0.717) is 13.0 Å². The van der Waals surface area contributed by atoms with E-state index in [9.17, 15) is 0 Å². The third-order valence-corrected chi connectivity index (χ3v) is 3.90. The van der Waals surface area contributed by atoms with Crippen LogP contribution in [0.4, 0.5) is 0 Å². The lowest BCUT2D eigenvalue weighted by molar-refractivity contribution is 0.255. The SMILES string of the molecule is CCc1ccc(CCOc2ccc(CC(C#N)CO)cc2)cc1. The lowest BCUT2D eigenvalue weighted by Gasteiger charge is -2.09. The van der Waals surface area contributed by atoms with Crippen LogP contribution in [0, 0.1) is 17.2 Å². The summed E-state index contributed by atoms with van der Waals surface area (Å²) in [5.74, 6) is 0.490. The van der Waals surface area contributed by atoms with Crippen molar-refractivity contribution in [2.45, 2.75) is 26.2 Å². The van der Waals surface area contributed by atoms with E-state index in [2.05, 4.69) is 37.3 Å². The number of rotatable bonds is 8. The Kier molecular flexibility index (Phi) is 6.65. The number of aliphatic hydroxyl groups excluding tert-OH is 1. The van der Waals surface area contributed by atoms with Gasteiger partial charge in [-0.15, -0.1) is 0 Å². The molecule has 1 unspecified atom stereocenters. The van der Waals surface area contributed by atoms with E-state index in [1.807, 2.05) is 24.3 Å². The second kappa shape index (κ2) is 8.97. The van der Waals surface area contributed by atoms with Crippen LogP contribution in [0.3, 0.4) is 0 Å². The van der Waals surface area contributed by atoms with Gasteiger partial charge in [0, 0.05) is 6.42 Å². The monoisotopic (exact) mass is 309 g/mol. The molecule has 1 atom stereocenters. The van der Waals surface area contributed by atoms with Crippen molar-refractivity contribution in [3.63, 3.8) is 0 Å². The van der Waals surface area contributed by atoms with E-state index in [1.54, 1.807) is 0 Å². The summed E-state index contributed by atoms with van der Waals surface area (Å²) in [6, 6.07) is 18.5. The number of hydrogen-bond donors (Lipinski definition) is 1. The Bertz CT molecular complexity index is 626. The van der Waals surface area contributed by atoms with Gasteiger partial charge in [0.1, 0.15) is 5.75 Å². The zero-order valence-electron chi connectivity index (χ0n) is 13.5. The smallest absolute Gasteiger partial charge is 0.119 e. The molecule has 0 aliphatic rings. The molecule has 2 aromatic rings. The van der Waals surface area contributed by atoms with E-state index in [0.717, 1.165) is 24.2 Å². The topological polar surface area (TPSA) is 53.2 Å². The summed E-state index contributed by atoms with van der Waals surface area (Å²) in [5.41, 5.74) is 3.66. The fourth-order valence-electron chi connectivity index (χ4n) is 2.39. The molecule has 0 aliphatic heterocycles. The molecule has 2 rings (SSSR count). The minimum atomic E-state index is -0.340. The van der Waals surface area contributed by atoms with Crippen LogP contribution in [-0.4, -0.2) is 18.3 Å². The molecule has 0 heterocycles. The van der Waals surface area contributed by atoms with Crippen molar-refractivity contribution in [3.8, 4) is 11.8 Å². The summed E-state index contributed by atoms with van der Waals surface area (Å²) < 4.78 is 5.76. The maximum atomic E-state index is 9.05. The lowest BCUT2D eigenvalue weighted by atomic mass is 10.0. The highest BCUT2D eigenvalue weighted by atomic mass is 16.5. The summed E-state index contributed by atoms with van der Waals surface area (Å²) in [6.07, 6.45) is 2.51. The molecule has 23 heavy (non-hydrogen) atoms. The number of aryl methyl sites for hydroxylation is 1. The molecule has 3 heteroatoms. The molecule has 0 aliphatic carbocycles. The van der Waals surface area contributed by atoms with Crippen molar-refractivity contribution < 1.29 is 9.84 Å². The van der Waals surface area contributed by atoms with Gasteiger partial charge in [-0.1, -0.05) is 43.3 Å². The third-order valence-electron chi connectivity index (χ3n) is 3.90.